The zero-order chi connectivity index (χ0) is 11.1. The molecule has 0 bridgehead atoms. The highest BCUT2D eigenvalue weighted by molar-refractivity contribution is 5.85. The largest absolute Gasteiger partial charge is 0.416 e. The van der Waals surface area contributed by atoms with Crippen LogP contribution < -0.4 is 5.32 Å². The van der Waals surface area contributed by atoms with Gasteiger partial charge in [0, 0.05) is 6.54 Å². The van der Waals surface area contributed by atoms with Crippen LogP contribution in [0.2, 0.25) is 0 Å². The summed E-state index contributed by atoms with van der Waals surface area (Å²) in [6.07, 6.45) is -3.42. The zero-order valence-electron chi connectivity index (χ0n) is 8.82. The lowest BCUT2D eigenvalue weighted by atomic mass is 9.93. The summed E-state index contributed by atoms with van der Waals surface area (Å²) in [5.41, 5.74) is 2.07. The topological polar surface area (TPSA) is 12.0 Å². The Kier molecular flexibility index (Phi) is 3.86. The Morgan fingerprint density at radius 2 is 1.94 bits per heavy atom. The minimum absolute atomic E-state index is 0. The van der Waals surface area contributed by atoms with Gasteiger partial charge in [-0.15, -0.1) is 12.4 Å². The van der Waals surface area contributed by atoms with E-state index in [0.717, 1.165) is 29.7 Å². The van der Waals surface area contributed by atoms with Crippen LogP contribution in [0.1, 0.15) is 22.3 Å². The molecule has 0 unspecified atom stereocenters. The molecular weight excluding hydrogens is 239 g/mol. The van der Waals surface area contributed by atoms with E-state index in [2.05, 4.69) is 5.32 Å². The van der Waals surface area contributed by atoms with Gasteiger partial charge in [0.15, 0.2) is 0 Å². The van der Waals surface area contributed by atoms with Crippen molar-refractivity contribution in [1.29, 1.82) is 0 Å². The van der Waals surface area contributed by atoms with Gasteiger partial charge in [-0.05, 0) is 48.7 Å². The summed E-state index contributed by atoms with van der Waals surface area (Å²) in [5, 5.41) is 3.08. The van der Waals surface area contributed by atoms with Gasteiger partial charge in [-0.2, -0.15) is 13.2 Å². The van der Waals surface area contributed by atoms with Gasteiger partial charge in [0.25, 0.3) is 0 Å². The molecule has 0 radical (unpaired) electrons. The smallest absolute Gasteiger partial charge is 0.312 e. The summed E-state index contributed by atoms with van der Waals surface area (Å²) < 4.78 is 37.6. The van der Waals surface area contributed by atoms with Gasteiger partial charge in [0.1, 0.15) is 0 Å². The lowest BCUT2D eigenvalue weighted by Gasteiger charge is -2.21. The van der Waals surface area contributed by atoms with E-state index < -0.39 is 11.7 Å². The molecule has 0 fully saturated rings. The fourth-order valence-corrected chi connectivity index (χ4v) is 2.01. The maximum absolute atomic E-state index is 12.5. The minimum atomic E-state index is -4.24. The number of halogens is 4. The third-order valence-electron chi connectivity index (χ3n) is 2.76. The summed E-state index contributed by atoms with van der Waals surface area (Å²) in [6.45, 7) is 3.14. The molecule has 2 rings (SSSR count). The fourth-order valence-electron chi connectivity index (χ4n) is 2.01. The minimum Gasteiger partial charge on any atom is -0.312 e. The summed E-state index contributed by atoms with van der Waals surface area (Å²) in [6, 6.07) is 2.50. The van der Waals surface area contributed by atoms with Gasteiger partial charge < -0.3 is 5.32 Å². The van der Waals surface area contributed by atoms with E-state index in [9.17, 15) is 13.2 Å². The van der Waals surface area contributed by atoms with Crippen molar-refractivity contribution in [2.75, 3.05) is 6.54 Å². The highest BCUT2D eigenvalue weighted by Gasteiger charge is 2.31. The average Bonchev–Trinajstić information content (AvgIpc) is 2.16. The molecule has 1 aromatic carbocycles. The summed E-state index contributed by atoms with van der Waals surface area (Å²) in [7, 11) is 0. The number of nitrogens with one attached hydrogen (secondary N) is 1. The number of fused-ring (bicyclic) bond motifs is 1. The van der Waals surface area contributed by atoms with Crippen LogP contribution in [0.15, 0.2) is 12.1 Å². The van der Waals surface area contributed by atoms with Crippen LogP contribution in [0, 0.1) is 6.92 Å². The Labute approximate surface area is 98.4 Å². The molecule has 0 aromatic heterocycles. The van der Waals surface area contributed by atoms with Crippen molar-refractivity contribution in [3.05, 3.63) is 34.4 Å². The second-order valence-corrected chi connectivity index (χ2v) is 3.86. The molecule has 1 aliphatic rings. The van der Waals surface area contributed by atoms with Crippen molar-refractivity contribution >= 4 is 12.4 Å². The van der Waals surface area contributed by atoms with E-state index in [1.54, 1.807) is 6.92 Å². The second-order valence-electron chi connectivity index (χ2n) is 3.86. The molecule has 1 aliphatic heterocycles. The third kappa shape index (κ3) is 2.50. The highest BCUT2D eigenvalue weighted by Crippen LogP contribution is 2.32. The first-order valence-corrected chi connectivity index (χ1v) is 4.89. The Morgan fingerprint density at radius 1 is 1.25 bits per heavy atom. The predicted molar refractivity (Wildman–Crippen MR) is 58.8 cm³/mol. The Balaban J connectivity index is 0.00000128. The van der Waals surface area contributed by atoms with Gasteiger partial charge in [-0.3, -0.25) is 0 Å². The zero-order valence-corrected chi connectivity index (χ0v) is 9.63. The van der Waals surface area contributed by atoms with E-state index in [-0.39, 0.29) is 12.4 Å². The van der Waals surface area contributed by atoms with Crippen molar-refractivity contribution in [2.24, 2.45) is 0 Å². The van der Waals surface area contributed by atoms with E-state index in [0.29, 0.717) is 6.54 Å². The van der Waals surface area contributed by atoms with Crippen LogP contribution in [0.25, 0.3) is 0 Å². The fraction of sp³-hybridized carbons (Fsp3) is 0.455. The molecule has 0 saturated carbocycles. The van der Waals surface area contributed by atoms with E-state index in [4.69, 9.17) is 0 Å². The molecule has 0 amide bonds. The van der Waals surface area contributed by atoms with Crippen molar-refractivity contribution in [2.45, 2.75) is 26.1 Å². The molecule has 16 heavy (non-hydrogen) atoms. The molecule has 1 nitrogen and oxygen atoms in total. The molecule has 5 heteroatoms. The van der Waals surface area contributed by atoms with E-state index >= 15 is 0 Å². The monoisotopic (exact) mass is 251 g/mol. The normalized spacial score (nSPS) is 15.2. The maximum atomic E-state index is 12.5. The van der Waals surface area contributed by atoms with Crippen LogP contribution >= 0.6 is 12.4 Å². The van der Waals surface area contributed by atoms with Crippen LogP contribution in [-0.2, 0) is 19.1 Å². The lowest BCUT2D eigenvalue weighted by molar-refractivity contribution is -0.137. The van der Waals surface area contributed by atoms with Crippen LogP contribution in [0.4, 0.5) is 13.2 Å². The third-order valence-corrected chi connectivity index (χ3v) is 2.76. The van der Waals surface area contributed by atoms with Crippen LogP contribution in [0.5, 0.6) is 0 Å². The average molecular weight is 252 g/mol. The van der Waals surface area contributed by atoms with E-state index in [1.165, 1.54) is 12.1 Å². The molecule has 0 saturated heterocycles. The Bertz CT molecular complexity index is 388. The first-order chi connectivity index (χ1) is 6.98. The number of hydrogen-bond donors (Lipinski definition) is 1. The highest BCUT2D eigenvalue weighted by atomic mass is 35.5. The molecule has 0 spiro atoms. The van der Waals surface area contributed by atoms with E-state index in [1.807, 2.05) is 0 Å². The predicted octanol–water partition coefficient (Wildman–Crippen LogP) is 3.08. The van der Waals surface area contributed by atoms with Gasteiger partial charge >= 0.3 is 6.18 Å². The van der Waals surface area contributed by atoms with Crippen molar-refractivity contribution in [3.63, 3.8) is 0 Å². The molecule has 1 heterocycles. The number of aryl methyl sites for hydroxylation is 1. The molecular formula is C11H13ClF3N. The van der Waals surface area contributed by atoms with Crippen LogP contribution in [0.3, 0.4) is 0 Å². The molecule has 1 aromatic rings. The number of hydrogen-bond acceptors (Lipinski definition) is 1. The first-order valence-electron chi connectivity index (χ1n) is 4.89. The summed E-state index contributed by atoms with van der Waals surface area (Å²) >= 11 is 0. The van der Waals surface area contributed by atoms with Gasteiger partial charge in [0.2, 0.25) is 0 Å². The number of alkyl halides is 3. The lowest BCUT2D eigenvalue weighted by Crippen LogP contribution is -2.25. The van der Waals surface area contributed by atoms with Crippen molar-refractivity contribution in [3.8, 4) is 0 Å². The molecule has 0 atom stereocenters. The second kappa shape index (κ2) is 4.63. The number of benzene rings is 1. The molecule has 1 N–H and O–H groups in total. The van der Waals surface area contributed by atoms with Crippen LogP contribution in [-0.4, -0.2) is 6.54 Å². The Hall–Kier alpha value is -0.740. The summed E-state index contributed by atoms with van der Waals surface area (Å²) in [5.74, 6) is 0. The van der Waals surface area contributed by atoms with Gasteiger partial charge in [0.05, 0.1) is 5.56 Å². The Morgan fingerprint density at radius 3 is 2.56 bits per heavy atom. The number of rotatable bonds is 0. The molecule has 0 aliphatic carbocycles. The van der Waals surface area contributed by atoms with Gasteiger partial charge in [-0.25, -0.2) is 0 Å². The maximum Gasteiger partial charge on any atom is 0.416 e. The first kappa shape index (κ1) is 13.3. The standard InChI is InChI=1S/C11H12F3N.ClH/c1-7-4-9(11(12,13)14)5-8-6-15-3-2-10(7)8;/h4-5,15H,2-3,6H2,1H3;1H. The van der Waals surface area contributed by atoms with Crippen molar-refractivity contribution in [1.82, 2.24) is 5.32 Å². The SMILES string of the molecule is Cc1cc(C(F)(F)F)cc2c1CCNC2.Cl. The van der Waals surface area contributed by atoms with Gasteiger partial charge in [-0.1, -0.05) is 0 Å². The summed E-state index contributed by atoms with van der Waals surface area (Å²) in [4.78, 5) is 0. The van der Waals surface area contributed by atoms with Crippen molar-refractivity contribution < 1.29 is 13.2 Å². The molecule has 90 valence electrons. The quantitative estimate of drug-likeness (QED) is 0.747.